The summed E-state index contributed by atoms with van der Waals surface area (Å²) in [5, 5.41) is 10.5. The number of piperidine rings is 1. The molecule has 1 saturated heterocycles. The predicted octanol–water partition coefficient (Wildman–Crippen LogP) is 3.49. The Kier molecular flexibility index (Phi) is 4.44. The Hall–Kier alpha value is -2.64. The van der Waals surface area contributed by atoms with Gasteiger partial charge in [0.05, 0.1) is 6.61 Å². The van der Waals surface area contributed by atoms with E-state index in [9.17, 15) is 14.7 Å². The molecular weight excluding hydrogens is 388 g/mol. The van der Waals surface area contributed by atoms with Crippen molar-refractivity contribution in [2.75, 3.05) is 19.7 Å². The van der Waals surface area contributed by atoms with E-state index in [1.807, 2.05) is 46.0 Å². The van der Waals surface area contributed by atoms with Gasteiger partial charge >= 0.3 is 5.97 Å². The van der Waals surface area contributed by atoms with Gasteiger partial charge in [-0.1, -0.05) is 18.2 Å². The van der Waals surface area contributed by atoms with E-state index in [2.05, 4.69) is 0 Å². The minimum absolute atomic E-state index is 0.106. The summed E-state index contributed by atoms with van der Waals surface area (Å²) in [6, 6.07) is 11.9. The molecule has 0 radical (unpaired) electrons. The van der Waals surface area contributed by atoms with Crippen LogP contribution < -0.4 is 0 Å². The molecule has 0 saturated carbocycles. The summed E-state index contributed by atoms with van der Waals surface area (Å²) in [6.45, 7) is 2.18. The molecule has 7 heteroatoms. The van der Waals surface area contributed by atoms with Crippen molar-refractivity contribution in [2.24, 2.45) is 0 Å². The second kappa shape index (κ2) is 7.00. The van der Waals surface area contributed by atoms with Gasteiger partial charge in [0.2, 0.25) is 5.91 Å². The van der Waals surface area contributed by atoms with Crippen molar-refractivity contribution in [3.8, 4) is 0 Å². The van der Waals surface area contributed by atoms with Crippen molar-refractivity contribution in [3.05, 3.63) is 57.9 Å². The Labute approximate surface area is 172 Å². The topological polar surface area (TPSA) is 71.8 Å². The van der Waals surface area contributed by atoms with Crippen LogP contribution >= 0.6 is 11.3 Å². The molecule has 1 N–H and O–H groups in total. The maximum atomic E-state index is 12.9. The van der Waals surface area contributed by atoms with Gasteiger partial charge < -0.3 is 19.3 Å². The van der Waals surface area contributed by atoms with Crippen molar-refractivity contribution in [2.45, 2.75) is 31.4 Å². The number of nitrogens with zero attached hydrogens (tertiary/aromatic N) is 2. The summed E-state index contributed by atoms with van der Waals surface area (Å²) in [5.41, 5.74) is 1.72. The maximum Gasteiger partial charge on any atom is 0.345 e. The third kappa shape index (κ3) is 3.14. The molecule has 1 aromatic carbocycles. The number of carboxylic acids is 1. The highest BCUT2D eigenvalue weighted by molar-refractivity contribution is 7.14. The lowest BCUT2D eigenvalue weighted by Crippen LogP contribution is -2.48. The Morgan fingerprint density at radius 1 is 1.17 bits per heavy atom. The Morgan fingerprint density at radius 2 is 1.97 bits per heavy atom. The smallest absolute Gasteiger partial charge is 0.345 e. The molecular formula is C22H22N2O4S. The van der Waals surface area contributed by atoms with Crippen LogP contribution in [-0.4, -0.2) is 46.1 Å². The molecule has 150 valence electrons. The van der Waals surface area contributed by atoms with Crippen LogP contribution in [-0.2, 0) is 28.1 Å². The van der Waals surface area contributed by atoms with Gasteiger partial charge in [-0.25, -0.2) is 4.79 Å². The van der Waals surface area contributed by atoms with Crippen molar-refractivity contribution in [1.29, 1.82) is 0 Å². The average molecular weight is 410 g/mol. The number of carbonyl (C=O) groups excluding carboxylic acids is 1. The van der Waals surface area contributed by atoms with Crippen molar-refractivity contribution in [1.82, 2.24) is 9.47 Å². The van der Waals surface area contributed by atoms with Gasteiger partial charge in [-0.15, -0.1) is 11.3 Å². The number of hydrogen-bond donors (Lipinski definition) is 1. The second-order valence-corrected chi connectivity index (χ2v) is 8.80. The molecule has 0 aliphatic carbocycles. The number of carboxylic acid groups (broad SMARTS) is 1. The second-order valence-electron chi connectivity index (χ2n) is 7.75. The first-order valence-corrected chi connectivity index (χ1v) is 10.7. The minimum Gasteiger partial charge on any atom is -0.477 e. The van der Waals surface area contributed by atoms with Gasteiger partial charge in [-0.2, -0.15) is 0 Å². The van der Waals surface area contributed by atoms with Gasteiger partial charge in [0, 0.05) is 29.7 Å². The number of ether oxygens (including phenoxy) is 1. The predicted molar refractivity (Wildman–Crippen MR) is 110 cm³/mol. The van der Waals surface area contributed by atoms with Crippen molar-refractivity contribution < 1.29 is 19.4 Å². The van der Waals surface area contributed by atoms with Crippen LogP contribution in [0.1, 0.15) is 33.0 Å². The zero-order valence-corrected chi connectivity index (χ0v) is 16.8. The quantitative estimate of drug-likeness (QED) is 0.718. The Balaban J connectivity index is 1.31. The maximum absolute atomic E-state index is 12.9. The molecule has 5 rings (SSSR count). The molecule has 29 heavy (non-hydrogen) atoms. The fraction of sp³-hybridized carbons (Fsp3) is 0.364. The number of rotatable bonds is 3. The summed E-state index contributed by atoms with van der Waals surface area (Å²) >= 11 is 1.33. The monoisotopic (exact) mass is 410 g/mol. The van der Waals surface area contributed by atoms with Crippen LogP contribution in [0.25, 0.3) is 10.9 Å². The highest BCUT2D eigenvalue weighted by Crippen LogP contribution is 2.45. The lowest BCUT2D eigenvalue weighted by molar-refractivity contribution is -0.140. The van der Waals surface area contributed by atoms with Crippen LogP contribution in [0.15, 0.2) is 42.6 Å². The number of fused-ring (bicyclic) bond motifs is 3. The number of thiophene rings is 1. The molecule has 2 aromatic heterocycles. The molecule has 2 aliphatic heterocycles. The molecule has 4 heterocycles. The molecule has 0 atom stereocenters. The first-order valence-electron chi connectivity index (χ1n) is 9.88. The summed E-state index contributed by atoms with van der Waals surface area (Å²) in [7, 11) is 0. The molecule has 0 unspecified atom stereocenters. The standard InChI is InChI=1S/C22H22N2O4S/c25-19(14-24-9-5-15-3-1-2-4-17(15)24)23-10-7-22(8-11-23)20-16(6-12-28-22)13-18(29-20)21(26)27/h1-5,9,13H,6-8,10-12,14H2,(H,26,27). The lowest BCUT2D eigenvalue weighted by atomic mass is 9.85. The summed E-state index contributed by atoms with van der Waals surface area (Å²) in [6.07, 6.45) is 4.13. The van der Waals surface area contributed by atoms with Crippen LogP contribution in [0.3, 0.4) is 0 Å². The number of amides is 1. The van der Waals surface area contributed by atoms with Crippen molar-refractivity contribution >= 4 is 34.1 Å². The van der Waals surface area contributed by atoms with E-state index >= 15 is 0 Å². The van der Waals surface area contributed by atoms with E-state index in [0.29, 0.717) is 44.0 Å². The van der Waals surface area contributed by atoms with E-state index in [-0.39, 0.29) is 5.91 Å². The summed E-state index contributed by atoms with van der Waals surface area (Å²) in [5.74, 6) is -0.777. The largest absolute Gasteiger partial charge is 0.477 e. The highest BCUT2D eigenvalue weighted by Gasteiger charge is 2.43. The van der Waals surface area contributed by atoms with E-state index < -0.39 is 11.6 Å². The number of para-hydroxylation sites is 1. The average Bonchev–Trinajstić information content (AvgIpc) is 3.34. The van der Waals surface area contributed by atoms with Gasteiger partial charge in [-0.05, 0) is 48.4 Å². The van der Waals surface area contributed by atoms with Crippen LogP contribution in [0.2, 0.25) is 0 Å². The molecule has 1 fully saturated rings. The number of carbonyl (C=O) groups is 2. The zero-order valence-electron chi connectivity index (χ0n) is 16.0. The Bertz CT molecular complexity index is 1090. The normalized spacial score (nSPS) is 18.1. The molecule has 1 amide bonds. The van der Waals surface area contributed by atoms with Gasteiger partial charge in [-0.3, -0.25) is 4.79 Å². The SMILES string of the molecule is O=C(O)c1cc2c(s1)C1(CCN(C(=O)Cn3ccc4ccccc43)CC1)OCC2. The Morgan fingerprint density at radius 3 is 2.76 bits per heavy atom. The third-order valence-corrected chi connectivity index (χ3v) is 7.44. The van der Waals surface area contributed by atoms with E-state index in [1.54, 1.807) is 6.07 Å². The number of aromatic nitrogens is 1. The van der Waals surface area contributed by atoms with E-state index in [1.165, 1.54) is 11.3 Å². The highest BCUT2D eigenvalue weighted by atomic mass is 32.1. The van der Waals surface area contributed by atoms with Crippen LogP contribution in [0.5, 0.6) is 0 Å². The van der Waals surface area contributed by atoms with Crippen LogP contribution in [0.4, 0.5) is 0 Å². The summed E-state index contributed by atoms with van der Waals surface area (Å²) < 4.78 is 8.19. The summed E-state index contributed by atoms with van der Waals surface area (Å²) in [4.78, 5) is 27.6. The first-order chi connectivity index (χ1) is 14.1. The van der Waals surface area contributed by atoms with Gasteiger partial charge in [0.15, 0.2) is 0 Å². The molecule has 2 aliphatic rings. The number of likely N-dealkylation sites (tertiary alicyclic amines) is 1. The molecule has 6 nitrogen and oxygen atoms in total. The van der Waals surface area contributed by atoms with Gasteiger partial charge in [0.1, 0.15) is 17.0 Å². The third-order valence-electron chi connectivity index (χ3n) is 6.09. The molecule has 0 bridgehead atoms. The number of hydrogen-bond acceptors (Lipinski definition) is 4. The van der Waals surface area contributed by atoms with Crippen molar-refractivity contribution in [3.63, 3.8) is 0 Å². The fourth-order valence-electron chi connectivity index (χ4n) is 4.54. The molecule has 1 spiro atoms. The van der Waals surface area contributed by atoms with Gasteiger partial charge in [0.25, 0.3) is 0 Å². The zero-order chi connectivity index (χ0) is 20.0. The number of benzene rings is 1. The first kappa shape index (κ1) is 18.4. The number of aromatic carboxylic acids is 1. The van der Waals surface area contributed by atoms with E-state index in [4.69, 9.17) is 4.74 Å². The lowest BCUT2D eigenvalue weighted by Gasteiger charge is -2.43. The van der Waals surface area contributed by atoms with Crippen LogP contribution in [0, 0.1) is 0 Å². The fourth-order valence-corrected chi connectivity index (χ4v) is 5.79. The minimum atomic E-state index is -0.883. The van der Waals surface area contributed by atoms with E-state index in [0.717, 1.165) is 27.8 Å². The molecule has 3 aromatic rings.